The van der Waals surface area contributed by atoms with Gasteiger partial charge in [-0.3, -0.25) is 4.79 Å². The van der Waals surface area contributed by atoms with Crippen LogP contribution in [-0.2, 0) is 25.7 Å². The molecular formula is C50H64N2O9S. The largest absolute Gasteiger partial charge is 0.493 e. The van der Waals surface area contributed by atoms with E-state index in [2.05, 4.69) is 30.9 Å². The van der Waals surface area contributed by atoms with Gasteiger partial charge in [-0.05, 0) is 91.8 Å². The zero-order valence-electron chi connectivity index (χ0n) is 35.9. The van der Waals surface area contributed by atoms with Gasteiger partial charge in [0.2, 0.25) is 11.7 Å². The molecule has 7 rings (SSSR count). The van der Waals surface area contributed by atoms with Crippen LogP contribution in [0.2, 0.25) is 0 Å². The topological polar surface area (TPSA) is 140 Å². The first kappa shape index (κ1) is 45.8. The van der Waals surface area contributed by atoms with Crippen LogP contribution >= 0.6 is 11.8 Å². The van der Waals surface area contributed by atoms with Gasteiger partial charge in [-0.15, -0.1) is 18.3 Å². The molecule has 2 saturated carbocycles. The maximum atomic E-state index is 14.6. The molecular weight excluding hydrogens is 805 g/mol. The zero-order valence-corrected chi connectivity index (χ0v) is 36.7. The number of unbranched alkanes of at least 4 members (excludes halogenated alkanes) is 2. The molecule has 3 aromatic rings. The first-order chi connectivity index (χ1) is 30.5. The molecule has 3 N–H and O–H groups in total. The standard InChI is InChI=1S/C50H64N2O9S/c1-2-27-59-50-46(52(23-28-57-29-26-55)49(56)37-19-20-37)34-44(51-60-35-36-13-5-3-6-14-36)42-32-38(15-9-11-24-53)41(18-10-12-25-54)47(48(42)50)43-33-39(21-22-45(43)61-50)58-30-31-62-40-16-7-4-8-17-40/h2-8,13-14,16-17,21-22,32-33,37-38,41,46-48,53-55H,1,9-12,15,18-20,23-31,34-35H2. The molecule has 6 unspecified atom stereocenters. The lowest BCUT2D eigenvalue weighted by Crippen LogP contribution is -2.70. The van der Waals surface area contributed by atoms with Gasteiger partial charge in [0.05, 0.1) is 44.7 Å². The van der Waals surface area contributed by atoms with E-state index in [1.807, 2.05) is 65.6 Å². The Balaban J connectivity index is 1.36. The highest BCUT2D eigenvalue weighted by molar-refractivity contribution is 7.99. The summed E-state index contributed by atoms with van der Waals surface area (Å²) >= 11 is 1.75. The van der Waals surface area contributed by atoms with E-state index in [1.54, 1.807) is 17.8 Å². The molecule has 3 aliphatic carbocycles. The first-order valence-electron chi connectivity index (χ1n) is 22.5. The van der Waals surface area contributed by atoms with E-state index in [4.69, 9.17) is 28.9 Å². The van der Waals surface area contributed by atoms with Crippen LogP contribution in [0.5, 0.6) is 11.5 Å². The summed E-state index contributed by atoms with van der Waals surface area (Å²) in [7, 11) is 0. The number of oxime groups is 1. The van der Waals surface area contributed by atoms with Gasteiger partial charge in [-0.25, -0.2) is 0 Å². The molecule has 0 aromatic heterocycles. The molecule has 62 heavy (non-hydrogen) atoms. The van der Waals surface area contributed by atoms with Gasteiger partial charge < -0.3 is 44.0 Å². The van der Waals surface area contributed by atoms with E-state index < -0.39 is 17.7 Å². The lowest BCUT2D eigenvalue weighted by molar-refractivity contribution is -0.258. The van der Waals surface area contributed by atoms with Gasteiger partial charge in [-0.2, -0.15) is 0 Å². The van der Waals surface area contributed by atoms with Crippen LogP contribution in [0.1, 0.15) is 74.8 Å². The Morgan fingerprint density at radius 2 is 1.68 bits per heavy atom. The molecule has 334 valence electrons. The minimum atomic E-state index is -1.35. The Morgan fingerprint density at radius 3 is 2.40 bits per heavy atom. The molecule has 6 atom stereocenters. The predicted octanol–water partition coefficient (Wildman–Crippen LogP) is 7.94. The van der Waals surface area contributed by atoms with Crippen LogP contribution < -0.4 is 9.47 Å². The van der Waals surface area contributed by atoms with Crippen molar-refractivity contribution < 1.29 is 43.9 Å². The maximum Gasteiger partial charge on any atom is 0.239 e. The molecule has 0 saturated heterocycles. The van der Waals surface area contributed by atoms with Crippen molar-refractivity contribution in [1.82, 2.24) is 4.90 Å². The van der Waals surface area contributed by atoms with Gasteiger partial charge in [0, 0.05) is 54.2 Å². The SMILES string of the molecule is C=CCOC12Oc3ccc(OCCSc4ccccc4)cc3C3C(CCCCO)C(CCCCO)C=C(C(=NOCc4ccccc4)CC1N(CCOCCO)C(=O)C1CC1)C32. The van der Waals surface area contributed by atoms with Crippen LogP contribution in [-0.4, -0.2) is 102 Å². The van der Waals surface area contributed by atoms with E-state index >= 15 is 0 Å². The quantitative estimate of drug-likeness (QED) is 0.0316. The summed E-state index contributed by atoms with van der Waals surface area (Å²) in [5, 5.41) is 34.4. The molecule has 0 bridgehead atoms. The highest BCUT2D eigenvalue weighted by Gasteiger charge is 2.66. The number of fused-ring (bicyclic) bond motifs is 2. The summed E-state index contributed by atoms with van der Waals surface area (Å²) in [4.78, 5) is 23.9. The molecule has 0 spiro atoms. The number of thioether (sulfide) groups is 1. The van der Waals surface area contributed by atoms with Gasteiger partial charge in [-0.1, -0.05) is 78.7 Å². The second kappa shape index (κ2) is 23.0. The molecule has 0 radical (unpaired) electrons. The van der Waals surface area contributed by atoms with Crippen molar-refractivity contribution in [3.05, 3.63) is 114 Å². The monoisotopic (exact) mass is 868 g/mol. The van der Waals surface area contributed by atoms with Crippen LogP contribution in [0.4, 0.5) is 0 Å². The number of ether oxygens (including phenoxy) is 4. The Morgan fingerprint density at radius 1 is 0.919 bits per heavy atom. The number of benzene rings is 3. The van der Waals surface area contributed by atoms with Gasteiger partial charge in [0.15, 0.2) is 0 Å². The average molecular weight is 869 g/mol. The highest BCUT2D eigenvalue weighted by Crippen LogP contribution is 2.62. The number of hydrogen-bond donors (Lipinski definition) is 3. The lowest BCUT2D eigenvalue weighted by atomic mass is 9.55. The predicted molar refractivity (Wildman–Crippen MR) is 241 cm³/mol. The second-order valence-electron chi connectivity index (χ2n) is 16.7. The number of rotatable bonds is 26. The highest BCUT2D eigenvalue weighted by atomic mass is 32.2. The molecule has 12 heteroatoms. The van der Waals surface area contributed by atoms with Gasteiger partial charge in [0.1, 0.15) is 24.1 Å². The average Bonchev–Trinajstić information content (AvgIpc) is 4.16. The molecule has 1 heterocycles. The molecule has 4 aliphatic rings. The van der Waals surface area contributed by atoms with Crippen molar-refractivity contribution in [3.8, 4) is 11.5 Å². The number of carbonyl (C=O) groups is 1. The van der Waals surface area contributed by atoms with E-state index in [0.717, 1.165) is 72.4 Å². The van der Waals surface area contributed by atoms with Crippen molar-refractivity contribution in [3.63, 3.8) is 0 Å². The number of nitrogens with zero attached hydrogens (tertiary/aromatic N) is 2. The summed E-state index contributed by atoms with van der Waals surface area (Å²) in [6.07, 6.45) is 10.8. The number of aliphatic hydroxyl groups is 3. The third-order valence-corrected chi connectivity index (χ3v) is 13.5. The molecule has 3 aromatic carbocycles. The minimum absolute atomic E-state index is 0.0291. The van der Waals surface area contributed by atoms with Crippen molar-refractivity contribution in [2.24, 2.45) is 28.8 Å². The number of hydrogen-bond acceptors (Lipinski definition) is 11. The van der Waals surface area contributed by atoms with E-state index in [9.17, 15) is 20.1 Å². The number of carbonyl (C=O) groups excluding carboxylic acids is 1. The fourth-order valence-electron chi connectivity index (χ4n) is 9.65. The van der Waals surface area contributed by atoms with Crippen LogP contribution in [0.3, 0.4) is 0 Å². The Labute approximate surface area is 371 Å². The summed E-state index contributed by atoms with van der Waals surface area (Å²) in [5.74, 6) is 0.424. The van der Waals surface area contributed by atoms with Gasteiger partial charge in [0.25, 0.3) is 0 Å². The van der Waals surface area contributed by atoms with E-state index in [-0.39, 0.29) is 82.4 Å². The minimum Gasteiger partial charge on any atom is -0.493 e. The summed E-state index contributed by atoms with van der Waals surface area (Å²) < 4.78 is 26.8. The van der Waals surface area contributed by atoms with E-state index in [0.29, 0.717) is 31.6 Å². The number of allylic oxidation sites excluding steroid dienone is 1. The van der Waals surface area contributed by atoms with Crippen molar-refractivity contribution in [2.75, 3.05) is 58.5 Å². The number of aliphatic hydroxyl groups excluding tert-OH is 3. The smallest absolute Gasteiger partial charge is 0.239 e. The summed E-state index contributed by atoms with van der Waals surface area (Å²) in [6.45, 7) is 5.82. The Hall–Kier alpha value is -4.17. The lowest BCUT2D eigenvalue weighted by Gasteiger charge is -2.60. The fourth-order valence-corrected chi connectivity index (χ4v) is 10.4. The fraction of sp³-hybridized carbons (Fsp3) is 0.520. The molecule has 1 aliphatic heterocycles. The number of amides is 1. The molecule has 11 nitrogen and oxygen atoms in total. The van der Waals surface area contributed by atoms with Crippen molar-refractivity contribution in [1.29, 1.82) is 0 Å². The van der Waals surface area contributed by atoms with Crippen molar-refractivity contribution in [2.45, 2.75) is 87.0 Å². The molecule has 2 fully saturated rings. The van der Waals surface area contributed by atoms with Gasteiger partial charge >= 0.3 is 0 Å². The normalized spacial score (nSPS) is 24.3. The Kier molecular flexibility index (Phi) is 17.0. The van der Waals surface area contributed by atoms with E-state index in [1.165, 1.54) is 4.90 Å². The van der Waals surface area contributed by atoms with Crippen molar-refractivity contribution >= 4 is 23.4 Å². The zero-order chi connectivity index (χ0) is 43.2. The summed E-state index contributed by atoms with van der Waals surface area (Å²) in [6, 6.07) is 25.7. The molecule has 1 amide bonds. The third-order valence-electron chi connectivity index (χ3n) is 12.6. The van der Waals surface area contributed by atoms with Crippen LogP contribution in [0.15, 0.2) is 113 Å². The maximum absolute atomic E-state index is 14.6. The first-order valence-corrected chi connectivity index (χ1v) is 23.5. The van der Waals surface area contributed by atoms with Crippen LogP contribution in [0, 0.1) is 23.7 Å². The second-order valence-corrected chi connectivity index (χ2v) is 17.9. The Bertz CT molecular complexity index is 1940. The summed E-state index contributed by atoms with van der Waals surface area (Å²) in [5.41, 5.74) is 3.75. The van der Waals surface area contributed by atoms with Crippen LogP contribution in [0.25, 0.3) is 0 Å². The third kappa shape index (κ3) is 11.1.